The lowest BCUT2D eigenvalue weighted by Gasteiger charge is -2.18. The van der Waals surface area contributed by atoms with Crippen LogP contribution >= 0.6 is 0 Å². The number of pyridine rings is 1. The number of halogens is 1. The van der Waals surface area contributed by atoms with Crippen molar-refractivity contribution in [2.24, 2.45) is 0 Å². The van der Waals surface area contributed by atoms with Crippen LogP contribution in [0.2, 0.25) is 0 Å². The van der Waals surface area contributed by atoms with Gasteiger partial charge >= 0.3 is 0 Å². The van der Waals surface area contributed by atoms with Crippen molar-refractivity contribution in [1.29, 1.82) is 0 Å². The van der Waals surface area contributed by atoms with Gasteiger partial charge < -0.3 is 20.9 Å². The molecule has 1 heterocycles. The lowest BCUT2D eigenvalue weighted by molar-refractivity contribution is 0.185. The van der Waals surface area contributed by atoms with Crippen LogP contribution in [0.3, 0.4) is 0 Å². The molecule has 0 amide bonds. The van der Waals surface area contributed by atoms with Crippen molar-refractivity contribution in [2.45, 2.75) is 12.8 Å². The minimum absolute atomic E-state index is 0.302. The van der Waals surface area contributed by atoms with Gasteiger partial charge in [-0.3, -0.25) is 0 Å². The summed E-state index contributed by atoms with van der Waals surface area (Å²) in [5, 5.41) is 15.3. The Labute approximate surface area is 174 Å². The molecule has 5 nitrogen and oxygen atoms in total. The molecule has 0 aliphatic heterocycles. The van der Waals surface area contributed by atoms with Crippen LogP contribution in [0.4, 0.5) is 15.9 Å². The van der Waals surface area contributed by atoms with Crippen LogP contribution in [0.5, 0.6) is 0 Å². The molecule has 0 fully saturated rings. The summed E-state index contributed by atoms with van der Waals surface area (Å²) < 4.78 is 18.7. The van der Waals surface area contributed by atoms with Gasteiger partial charge in [-0.25, -0.2) is 9.37 Å². The third-order valence-electron chi connectivity index (χ3n) is 4.97. The summed E-state index contributed by atoms with van der Waals surface area (Å²) in [4.78, 5) is 4.25. The fourth-order valence-corrected chi connectivity index (χ4v) is 3.45. The van der Waals surface area contributed by atoms with Crippen molar-refractivity contribution in [2.75, 3.05) is 18.2 Å². The van der Waals surface area contributed by atoms with E-state index in [4.69, 9.17) is 10.5 Å². The summed E-state index contributed by atoms with van der Waals surface area (Å²) in [5.41, 5.74) is 10.1. The highest BCUT2D eigenvalue weighted by Crippen LogP contribution is 2.32. The Balaban J connectivity index is 1.66. The Kier molecular flexibility index (Phi) is 5.61. The van der Waals surface area contributed by atoms with E-state index in [1.165, 1.54) is 12.1 Å². The average Bonchev–Trinajstić information content (AvgIpc) is 2.75. The molecule has 1 aromatic heterocycles. The molecule has 0 saturated heterocycles. The van der Waals surface area contributed by atoms with Crippen LogP contribution < -0.4 is 11.1 Å². The smallest absolute Gasteiger partial charge is 0.152 e. The molecule has 1 unspecified atom stereocenters. The highest BCUT2D eigenvalue weighted by atomic mass is 19.1. The van der Waals surface area contributed by atoms with Crippen molar-refractivity contribution >= 4 is 22.3 Å². The molecule has 0 spiro atoms. The van der Waals surface area contributed by atoms with E-state index >= 15 is 0 Å². The Hall–Kier alpha value is -3.48. The van der Waals surface area contributed by atoms with E-state index in [0.717, 1.165) is 27.8 Å². The second-order valence-electron chi connectivity index (χ2n) is 7.05. The van der Waals surface area contributed by atoms with Crippen LogP contribution in [0, 0.1) is 5.82 Å². The number of rotatable bonds is 6. The monoisotopic (exact) mass is 403 g/mol. The quantitative estimate of drug-likeness (QED) is 0.400. The number of anilines is 2. The maximum atomic E-state index is 13.6. The molecular weight excluding hydrogens is 381 g/mol. The first-order valence-corrected chi connectivity index (χ1v) is 9.51. The standard InChI is InChI=1S/C24H22FN3O2/c1-30-14-15-5-8-19(9-6-15)28-24(29)22-13-27-23(26)21-12-17(7-10-20(21)22)16-3-2-4-18(25)11-16/h2-13,24,28-29H,14H2,1H3,(H2,26,27). The van der Waals surface area contributed by atoms with Crippen LogP contribution in [0.25, 0.3) is 21.9 Å². The van der Waals surface area contributed by atoms with Crippen molar-refractivity contribution in [1.82, 2.24) is 4.98 Å². The Morgan fingerprint density at radius 3 is 2.53 bits per heavy atom. The summed E-state index contributed by atoms with van der Waals surface area (Å²) in [6, 6.07) is 19.6. The third kappa shape index (κ3) is 4.10. The van der Waals surface area contributed by atoms with Crippen molar-refractivity contribution < 1.29 is 14.2 Å². The highest BCUT2D eigenvalue weighted by Gasteiger charge is 2.15. The molecule has 30 heavy (non-hydrogen) atoms. The molecule has 4 N–H and O–H groups in total. The van der Waals surface area contributed by atoms with Gasteiger partial charge in [-0.05, 0) is 52.4 Å². The molecule has 1 atom stereocenters. The van der Waals surface area contributed by atoms with Crippen molar-refractivity contribution in [3.8, 4) is 11.1 Å². The van der Waals surface area contributed by atoms with Gasteiger partial charge in [0.05, 0.1) is 6.61 Å². The van der Waals surface area contributed by atoms with Gasteiger partial charge in [-0.15, -0.1) is 0 Å². The number of aliphatic hydroxyl groups excluding tert-OH is 1. The maximum Gasteiger partial charge on any atom is 0.152 e. The van der Waals surface area contributed by atoms with Gasteiger partial charge in [-0.2, -0.15) is 0 Å². The number of nitrogens with one attached hydrogen (secondary N) is 1. The maximum absolute atomic E-state index is 13.6. The van der Waals surface area contributed by atoms with Gasteiger partial charge in [0.1, 0.15) is 11.6 Å². The number of hydrogen-bond donors (Lipinski definition) is 3. The van der Waals surface area contributed by atoms with Gasteiger partial charge in [0.25, 0.3) is 0 Å². The molecular formula is C24H22FN3O2. The fourth-order valence-electron chi connectivity index (χ4n) is 3.45. The molecule has 0 saturated carbocycles. The minimum atomic E-state index is -0.978. The number of nitrogens with zero attached hydrogens (tertiary/aromatic N) is 1. The molecule has 0 radical (unpaired) electrons. The second kappa shape index (κ2) is 8.49. The molecule has 4 rings (SSSR count). The SMILES string of the molecule is COCc1ccc(NC(O)c2cnc(N)c3cc(-c4cccc(F)c4)ccc23)cc1. The predicted molar refractivity (Wildman–Crippen MR) is 117 cm³/mol. The Morgan fingerprint density at radius 1 is 1.03 bits per heavy atom. The van der Waals surface area contributed by atoms with E-state index in [9.17, 15) is 9.50 Å². The molecule has 3 aromatic carbocycles. The van der Waals surface area contributed by atoms with Gasteiger partial charge in [0, 0.05) is 29.9 Å². The van der Waals surface area contributed by atoms with E-state index in [1.807, 2.05) is 48.5 Å². The topological polar surface area (TPSA) is 80.4 Å². The molecule has 0 aliphatic carbocycles. The number of methoxy groups -OCH3 is 1. The molecule has 0 bridgehead atoms. The normalized spacial score (nSPS) is 12.1. The van der Waals surface area contributed by atoms with Gasteiger partial charge in [-0.1, -0.05) is 36.4 Å². The van der Waals surface area contributed by atoms with E-state index in [-0.39, 0.29) is 5.82 Å². The first kappa shape index (κ1) is 19.8. The molecule has 0 aliphatic rings. The Bertz CT molecular complexity index is 1180. The molecule has 4 aromatic rings. The number of aliphatic hydroxyl groups is 1. The second-order valence-corrected chi connectivity index (χ2v) is 7.05. The average molecular weight is 403 g/mol. The minimum Gasteiger partial charge on any atom is -0.383 e. The van der Waals surface area contributed by atoms with Crippen LogP contribution in [-0.2, 0) is 11.3 Å². The van der Waals surface area contributed by atoms with E-state index < -0.39 is 6.23 Å². The number of fused-ring (bicyclic) bond motifs is 1. The first-order chi connectivity index (χ1) is 14.5. The number of nitrogens with two attached hydrogens (primary N) is 1. The van der Waals surface area contributed by atoms with Gasteiger partial charge in [0.2, 0.25) is 0 Å². The zero-order valence-electron chi connectivity index (χ0n) is 16.5. The van der Waals surface area contributed by atoms with Crippen LogP contribution in [-0.4, -0.2) is 17.2 Å². The third-order valence-corrected chi connectivity index (χ3v) is 4.97. The largest absolute Gasteiger partial charge is 0.383 e. The molecule has 152 valence electrons. The Morgan fingerprint density at radius 2 is 1.80 bits per heavy atom. The number of aromatic nitrogens is 1. The molecule has 6 heteroatoms. The summed E-state index contributed by atoms with van der Waals surface area (Å²) in [6.45, 7) is 0.531. The van der Waals surface area contributed by atoms with Crippen molar-refractivity contribution in [3.05, 3.63) is 89.9 Å². The fraction of sp³-hybridized carbons (Fsp3) is 0.125. The zero-order valence-corrected chi connectivity index (χ0v) is 16.5. The number of hydrogen-bond acceptors (Lipinski definition) is 5. The summed E-state index contributed by atoms with van der Waals surface area (Å²) in [7, 11) is 1.65. The summed E-state index contributed by atoms with van der Waals surface area (Å²) in [6.07, 6.45) is 0.588. The zero-order chi connectivity index (χ0) is 21.1. The van der Waals surface area contributed by atoms with E-state index in [0.29, 0.717) is 23.4 Å². The number of nitrogen functional groups attached to an aromatic ring is 1. The number of ether oxygens (including phenoxy) is 1. The predicted octanol–water partition coefficient (Wildman–Crippen LogP) is 4.87. The highest BCUT2D eigenvalue weighted by molar-refractivity contribution is 5.96. The summed E-state index contributed by atoms with van der Waals surface area (Å²) in [5.74, 6) is 0.0479. The summed E-state index contributed by atoms with van der Waals surface area (Å²) >= 11 is 0. The first-order valence-electron chi connectivity index (χ1n) is 9.51. The number of benzene rings is 3. The van der Waals surface area contributed by atoms with E-state index in [2.05, 4.69) is 10.3 Å². The van der Waals surface area contributed by atoms with Gasteiger partial charge in [0.15, 0.2) is 6.23 Å². The lowest BCUT2D eigenvalue weighted by Crippen LogP contribution is -2.11. The van der Waals surface area contributed by atoms with Crippen LogP contribution in [0.1, 0.15) is 17.4 Å². The lowest BCUT2D eigenvalue weighted by atomic mass is 9.99. The van der Waals surface area contributed by atoms with E-state index in [1.54, 1.807) is 19.4 Å². The van der Waals surface area contributed by atoms with Crippen molar-refractivity contribution in [3.63, 3.8) is 0 Å². The van der Waals surface area contributed by atoms with Crippen LogP contribution in [0.15, 0.2) is 72.9 Å².